The lowest BCUT2D eigenvalue weighted by Gasteiger charge is -2.21. The van der Waals surface area contributed by atoms with Crippen LogP contribution < -0.4 is 10.5 Å². The van der Waals surface area contributed by atoms with Gasteiger partial charge in [-0.05, 0) is 12.5 Å². The van der Waals surface area contributed by atoms with Crippen molar-refractivity contribution in [1.29, 1.82) is 0 Å². The van der Waals surface area contributed by atoms with Gasteiger partial charge in [0.2, 0.25) is 5.56 Å². The van der Waals surface area contributed by atoms with E-state index in [0.717, 1.165) is 31.2 Å². The second kappa shape index (κ2) is 6.31. The predicted octanol–water partition coefficient (Wildman–Crippen LogP) is 1.19. The van der Waals surface area contributed by atoms with Crippen LogP contribution in [0.1, 0.15) is 16.8 Å². The fraction of sp³-hybridized carbons (Fsp3) is 0.400. The van der Waals surface area contributed by atoms with Crippen molar-refractivity contribution in [3.63, 3.8) is 0 Å². The van der Waals surface area contributed by atoms with Crippen LogP contribution in [0.4, 0.5) is 5.13 Å². The highest BCUT2D eigenvalue weighted by Gasteiger charge is 2.21. The lowest BCUT2D eigenvalue weighted by Crippen LogP contribution is -2.35. The first-order chi connectivity index (χ1) is 10.6. The third-order valence-corrected chi connectivity index (χ3v) is 4.64. The standard InChI is InChI=1S/C15H18N4O2S/c1-17-11-12(3-4-13(17)20)14(21)18-6-2-7-19(9-8-18)15-16-5-10-22-15/h3-5,10-11H,2,6-9H2,1H3. The molecular formula is C15H18N4O2S. The number of carbonyl (C=O) groups excluding carboxylic acids is 1. The zero-order chi connectivity index (χ0) is 15.5. The third kappa shape index (κ3) is 3.04. The predicted molar refractivity (Wildman–Crippen MR) is 86.5 cm³/mol. The van der Waals surface area contributed by atoms with Crippen molar-refractivity contribution < 1.29 is 4.79 Å². The van der Waals surface area contributed by atoms with Gasteiger partial charge in [0.25, 0.3) is 5.91 Å². The molecule has 0 saturated carbocycles. The van der Waals surface area contributed by atoms with Gasteiger partial charge in [-0.1, -0.05) is 0 Å². The molecule has 2 aromatic heterocycles. The van der Waals surface area contributed by atoms with Gasteiger partial charge in [0.05, 0.1) is 5.56 Å². The number of rotatable bonds is 2. The van der Waals surface area contributed by atoms with Gasteiger partial charge < -0.3 is 14.4 Å². The molecule has 0 N–H and O–H groups in total. The Kier molecular flexibility index (Phi) is 4.24. The molecular weight excluding hydrogens is 300 g/mol. The van der Waals surface area contributed by atoms with Crippen molar-refractivity contribution in [2.75, 3.05) is 31.1 Å². The highest BCUT2D eigenvalue weighted by atomic mass is 32.1. The summed E-state index contributed by atoms with van der Waals surface area (Å²) in [6, 6.07) is 3.04. The molecule has 1 fully saturated rings. The molecule has 0 bridgehead atoms. The molecule has 0 spiro atoms. The number of aromatic nitrogens is 2. The Morgan fingerprint density at radius 3 is 2.82 bits per heavy atom. The first-order valence-electron chi connectivity index (χ1n) is 7.25. The summed E-state index contributed by atoms with van der Waals surface area (Å²) in [5, 5.41) is 2.98. The Balaban J connectivity index is 1.71. The minimum Gasteiger partial charge on any atom is -0.346 e. The van der Waals surface area contributed by atoms with Crippen molar-refractivity contribution in [2.24, 2.45) is 7.05 Å². The zero-order valence-corrected chi connectivity index (χ0v) is 13.3. The van der Waals surface area contributed by atoms with Crippen LogP contribution in [-0.4, -0.2) is 46.5 Å². The van der Waals surface area contributed by atoms with Gasteiger partial charge in [0, 0.05) is 57.1 Å². The van der Waals surface area contributed by atoms with Crippen molar-refractivity contribution in [2.45, 2.75) is 6.42 Å². The molecule has 7 heteroatoms. The molecule has 1 aliphatic rings. The van der Waals surface area contributed by atoms with E-state index in [1.807, 2.05) is 10.3 Å². The number of nitrogens with zero attached hydrogens (tertiary/aromatic N) is 4. The molecule has 1 aliphatic heterocycles. The van der Waals surface area contributed by atoms with E-state index in [9.17, 15) is 9.59 Å². The molecule has 116 valence electrons. The Hall–Kier alpha value is -2.15. The third-order valence-electron chi connectivity index (χ3n) is 3.81. The largest absolute Gasteiger partial charge is 0.346 e. The van der Waals surface area contributed by atoms with E-state index in [2.05, 4.69) is 9.88 Å². The molecule has 22 heavy (non-hydrogen) atoms. The Morgan fingerprint density at radius 2 is 2.09 bits per heavy atom. The van der Waals surface area contributed by atoms with E-state index >= 15 is 0 Å². The average Bonchev–Trinajstić information content (AvgIpc) is 2.94. The van der Waals surface area contributed by atoms with Gasteiger partial charge in [-0.3, -0.25) is 9.59 Å². The fourth-order valence-electron chi connectivity index (χ4n) is 2.59. The summed E-state index contributed by atoms with van der Waals surface area (Å²) in [6.07, 6.45) is 4.32. The number of aryl methyl sites for hydroxylation is 1. The summed E-state index contributed by atoms with van der Waals surface area (Å²) >= 11 is 1.62. The van der Waals surface area contributed by atoms with Crippen molar-refractivity contribution in [3.8, 4) is 0 Å². The van der Waals surface area contributed by atoms with E-state index in [1.54, 1.807) is 36.8 Å². The number of anilines is 1. The van der Waals surface area contributed by atoms with Gasteiger partial charge in [-0.25, -0.2) is 4.98 Å². The van der Waals surface area contributed by atoms with Crippen LogP contribution in [0.2, 0.25) is 0 Å². The van der Waals surface area contributed by atoms with Crippen LogP contribution in [0, 0.1) is 0 Å². The Labute approximate surface area is 132 Å². The molecule has 0 atom stereocenters. The van der Waals surface area contributed by atoms with Crippen LogP contribution in [-0.2, 0) is 7.05 Å². The summed E-state index contributed by atoms with van der Waals surface area (Å²) in [6.45, 7) is 3.08. The first kappa shape index (κ1) is 14.8. The number of carbonyl (C=O) groups is 1. The molecule has 3 heterocycles. The lowest BCUT2D eigenvalue weighted by atomic mass is 10.2. The van der Waals surface area contributed by atoms with E-state index in [0.29, 0.717) is 12.1 Å². The molecule has 1 saturated heterocycles. The molecule has 0 unspecified atom stereocenters. The lowest BCUT2D eigenvalue weighted by molar-refractivity contribution is 0.0766. The number of hydrogen-bond acceptors (Lipinski definition) is 5. The van der Waals surface area contributed by atoms with Gasteiger partial charge in [-0.2, -0.15) is 0 Å². The number of pyridine rings is 1. The van der Waals surface area contributed by atoms with Gasteiger partial charge >= 0.3 is 0 Å². The molecule has 2 aromatic rings. The molecule has 3 rings (SSSR count). The average molecular weight is 318 g/mol. The van der Waals surface area contributed by atoms with Crippen molar-refractivity contribution in [1.82, 2.24) is 14.5 Å². The van der Waals surface area contributed by atoms with E-state index in [1.165, 1.54) is 10.6 Å². The van der Waals surface area contributed by atoms with Crippen LogP contribution in [0.5, 0.6) is 0 Å². The van der Waals surface area contributed by atoms with Crippen LogP contribution >= 0.6 is 11.3 Å². The highest BCUT2D eigenvalue weighted by molar-refractivity contribution is 7.13. The van der Waals surface area contributed by atoms with Crippen LogP contribution in [0.15, 0.2) is 34.7 Å². The fourth-order valence-corrected chi connectivity index (χ4v) is 3.28. The number of thiazole rings is 1. The van der Waals surface area contributed by atoms with E-state index in [4.69, 9.17) is 0 Å². The molecule has 0 aromatic carbocycles. The highest BCUT2D eigenvalue weighted by Crippen LogP contribution is 2.19. The summed E-state index contributed by atoms with van der Waals surface area (Å²) < 4.78 is 1.44. The van der Waals surface area contributed by atoms with Gasteiger partial charge in [0.1, 0.15) is 0 Å². The summed E-state index contributed by atoms with van der Waals surface area (Å²) in [5.74, 6) is -0.0170. The van der Waals surface area contributed by atoms with Gasteiger partial charge in [-0.15, -0.1) is 11.3 Å². The van der Waals surface area contributed by atoms with E-state index in [-0.39, 0.29) is 11.5 Å². The van der Waals surface area contributed by atoms with Gasteiger partial charge in [0.15, 0.2) is 5.13 Å². The molecule has 0 radical (unpaired) electrons. The number of amides is 1. The summed E-state index contributed by atoms with van der Waals surface area (Å²) in [5.41, 5.74) is 0.451. The van der Waals surface area contributed by atoms with Crippen molar-refractivity contribution >= 4 is 22.4 Å². The SMILES string of the molecule is Cn1cc(C(=O)N2CCCN(c3nccs3)CC2)ccc1=O. The second-order valence-electron chi connectivity index (χ2n) is 5.31. The second-order valence-corrected chi connectivity index (χ2v) is 6.19. The first-order valence-corrected chi connectivity index (χ1v) is 8.13. The van der Waals surface area contributed by atoms with Crippen LogP contribution in [0.25, 0.3) is 0 Å². The smallest absolute Gasteiger partial charge is 0.255 e. The summed E-state index contributed by atoms with van der Waals surface area (Å²) in [7, 11) is 1.66. The van der Waals surface area contributed by atoms with E-state index < -0.39 is 0 Å². The summed E-state index contributed by atoms with van der Waals surface area (Å²) in [4.78, 5) is 32.4. The normalized spacial score (nSPS) is 15.7. The molecule has 6 nitrogen and oxygen atoms in total. The number of hydrogen-bond donors (Lipinski definition) is 0. The Morgan fingerprint density at radius 1 is 1.23 bits per heavy atom. The maximum Gasteiger partial charge on any atom is 0.255 e. The quantitative estimate of drug-likeness (QED) is 0.835. The topological polar surface area (TPSA) is 58.4 Å². The van der Waals surface area contributed by atoms with Crippen molar-refractivity contribution in [3.05, 3.63) is 45.8 Å². The molecule has 0 aliphatic carbocycles. The maximum atomic E-state index is 12.6. The minimum atomic E-state index is -0.109. The van der Waals surface area contributed by atoms with Crippen LogP contribution in [0.3, 0.4) is 0 Å². The zero-order valence-electron chi connectivity index (χ0n) is 12.4. The monoisotopic (exact) mass is 318 g/mol. The minimum absolute atomic E-state index is 0.0170. The maximum absolute atomic E-state index is 12.6. The molecule has 1 amide bonds. The Bertz CT molecular complexity index is 711.